The van der Waals surface area contributed by atoms with E-state index in [1.165, 1.54) is 25.0 Å². The largest absolute Gasteiger partial charge is 0.446 e. The fourth-order valence-electron chi connectivity index (χ4n) is 4.46. The molecule has 0 spiro atoms. The van der Waals surface area contributed by atoms with Gasteiger partial charge in [0.1, 0.15) is 6.10 Å². The molecule has 156 valence electrons. The van der Waals surface area contributed by atoms with Crippen LogP contribution in [0.3, 0.4) is 0 Å². The predicted octanol–water partition coefficient (Wildman–Crippen LogP) is 2.86. The summed E-state index contributed by atoms with van der Waals surface area (Å²) in [4.78, 5) is 19.4. The number of likely N-dealkylation sites (tertiary alicyclic amines) is 1. The summed E-state index contributed by atoms with van der Waals surface area (Å²) in [5.41, 5.74) is 1.85. The first-order valence-corrected chi connectivity index (χ1v) is 12.0. The van der Waals surface area contributed by atoms with Crippen LogP contribution in [-0.4, -0.2) is 91.6 Å². The minimum Gasteiger partial charge on any atom is -0.446 e. The van der Waals surface area contributed by atoms with Crippen LogP contribution < -0.4 is 0 Å². The number of piperidine rings is 1. The molecule has 7 heteroatoms. The highest BCUT2D eigenvalue weighted by Gasteiger charge is 2.31. The van der Waals surface area contributed by atoms with E-state index in [9.17, 15) is 4.79 Å². The molecule has 1 aliphatic carbocycles. The highest BCUT2D eigenvalue weighted by atomic mass is 31.1. The van der Waals surface area contributed by atoms with Crippen molar-refractivity contribution >= 4 is 14.7 Å². The van der Waals surface area contributed by atoms with Crippen LogP contribution in [-0.2, 0) is 9.47 Å². The average Bonchev–Trinajstić information content (AvgIpc) is 2.69. The first-order valence-electron chi connectivity index (χ1n) is 10.8. The Bertz CT molecular complexity index is 592. The number of carbonyl (C=O) groups excluding carboxylic acids is 1. The minimum absolute atomic E-state index is 0.0604. The molecule has 0 aromatic heterocycles. The van der Waals surface area contributed by atoms with Gasteiger partial charge >= 0.3 is 6.09 Å². The topological polar surface area (TPSA) is 45.3 Å². The van der Waals surface area contributed by atoms with Crippen LogP contribution in [0.25, 0.3) is 0 Å². The molecule has 0 aromatic rings. The van der Waals surface area contributed by atoms with Gasteiger partial charge in [0.15, 0.2) is 0 Å². The van der Waals surface area contributed by atoms with E-state index in [2.05, 4.69) is 27.8 Å². The van der Waals surface area contributed by atoms with E-state index in [1.807, 2.05) is 4.90 Å². The van der Waals surface area contributed by atoms with Gasteiger partial charge in [-0.2, -0.15) is 0 Å². The summed E-state index contributed by atoms with van der Waals surface area (Å²) < 4.78 is 11.1. The zero-order chi connectivity index (χ0) is 19.3. The smallest absolute Gasteiger partial charge is 0.410 e. The van der Waals surface area contributed by atoms with Crippen molar-refractivity contribution < 1.29 is 14.3 Å². The Labute approximate surface area is 170 Å². The number of nitrogens with zero attached hydrogens (tertiary/aromatic N) is 3. The summed E-state index contributed by atoms with van der Waals surface area (Å²) in [7, 11) is 2.55. The molecule has 0 bridgehead atoms. The van der Waals surface area contributed by atoms with Gasteiger partial charge in [0.05, 0.1) is 6.61 Å². The van der Waals surface area contributed by atoms with E-state index in [-0.39, 0.29) is 12.2 Å². The zero-order valence-corrected chi connectivity index (χ0v) is 18.0. The Morgan fingerprint density at radius 3 is 2.43 bits per heavy atom. The summed E-state index contributed by atoms with van der Waals surface area (Å²) in [5.74, 6) is 2.34. The molecule has 3 fully saturated rings. The van der Waals surface area contributed by atoms with Gasteiger partial charge in [-0.25, -0.2) is 4.79 Å². The summed E-state index contributed by atoms with van der Waals surface area (Å²) >= 11 is 0. The van der Waals surface area contributed by atoms with Gasteiger partial charge in [-0.1, -0.05) is 21.1 Å². The molecule has 3 aliphatic heterocycles. The monoisotopic (exact) mass is 407 g/mol. The molecule has 6 nitrogen and oxygen atoms in total. The van der Waals surface area contributed by atoms with Crippen molar-refractivity contribution in [1.82, 2.24) is 14.7 Å². The first-order chi connectivity index (χ1) is 13.7. The lowest BCUT2D eigenvalue weighted by molar-refractivity contribution is 0.0136. The number of carbonyl (C=O) groups is 1. The Kier molecular flexibility index (Phi) is 6.92. The average molecular weight is 407 g/mol. The molecule has 1 saturated carbocycles. The molecule has 0 aromatic carbocycles. The summed E-state index contributed by atoms with van der Waals surface area (Å²) in [6, 6.07) is 0.774. The molecule has 2 unspecified atom stereocenters. The fraction of sp³-hybridized carbons (Fsp3) is 0.762. The molecule has 1 amide bonds. The van der Waals surface area contributed by atoms with Crippen molar-refractivity contribution in [2.45, 2.75) is 49.9 Å². The van der Waals surface area contributed by atoms with Crippen LogP contribution in [0.2, 0.25) is 0 Å². The highest BCUT2D eigenvalue weighted by molar-refractivity contribution is 7.43. The van der Waals surface area contributed by atoms with E-state index in [1.54, 1.807) is 7.11 Å². The maximum absolute atomic E-state index is 12.5. The third kappa shape index (κ3) is 4.90. The van der Waals surface area contributed by atoms with Crippen LogP contribution in [0.5, 0.6) is 0 Å². The van der Waals surface area contributed by atoms with Crippen molar-refractivity contribution in [1.29, 1.82) is 0 Å². The Hall–Kier alpha value is -1.10. The Morgan fingerprint density at radius 1 is 1.11 bits per heavy atom. The summed E-state index contributed by atoms with van der Waals surface area (Å²) in [6.45, 7) is 6.36. The molecule has 4 rings (SSSR count). The predicted molar refractivity (Wildman–Crippen MR) is 113 cm³/mol. The molecular weight excluding hydrogens is 373 g/mol. The maximum atomic E-state index is 12.5. The highest BCUT2D eigenvalue weighted by Crippen LogP contribution is 2.32. The third-order valence-corrected chi connectivity index (χ3v) is 7.78. The lowest BCUT2D eigenvalue weighted by Crippen LogP contribution is -2.54. The number of hydrogen-bond donors (Lipinski definition) is 0. The first kappa shape index (κ1) is 20.2. The Morgan fingerprint density at radius 2 is 1.86 bits per heavy atom. The third-order valence-electron chi connectivity index (χ3n) is 6.53. The second-order valence-electron chi connectivity index (χ2n) is 8.33. The number of amides is 1. The number of allylic oxidation sites excluding steroid dienone is 1. The Balaban J connectivity index is 1.17. The van der Waals surface area contributed by atoms with Crippen LogP contribution in [0, 0.1) is 0 Å². The van der Waals surface area contributed by atoms with Crippen LogP contribution in [0.1, 0.15) is 32.1 Å². The van der Waals surface area contributed by atoms with Gasteiger partial charge in [-0.05, 0) is 24.7 Å². The van der Waals surface area contributed by atoms with E-state index in [0.717, 1.165) is 73.3 Å². The normalized spacial score (nSPS) is 28.3. The van der Waals surface area contributed by atoms with Crippen molar-refractivity contribution in [3.8, 4) is 0 Å². The molecule has 0 N–H and O–H groups in total. The molecule has 2 saturated heterocycles. The van der Waals surface area contributed by atoms with E-state index in [4.69, 9.17) is 9.47 Å². The van der Waals surface area contributed by atoms with Gasteiger partial charge < -0.3 is 19.3 Å². The standard InChI is InChI=1S/C21H34N3O3P/c1-26-15-20-6-5-18(16-28-20)22-9-7-19(8-10-22)27-21(25)24-13-11-23(12-14-24)17-3-2-4-17/h5-6,16-17,19-20,28H,2-4,7-15H2,1H3. The number of rotatable bonds is 5. The number of methoxy groups -OCH3 is 1. The maximum Gasteiger partial charge on any atom is 0.410 e. The van der Waals surface area contributed by atoms with Gasteiger partial charge in [-0.15, -0.1) is 0 Å². The minimum atomic E-state index is -0.104. The zero-order valence-electron chi connectivity index (χ0n) is 17.0. The van der Waals surface area contributed by atoms with Crippen molar-refractivity contribution in [2.75, 3.05) is 53.0 Å². The van der Waals surface area contributed by atoms with Crippen LogP contribution in [0.15, 0.2) is 23.7 Å². The van der Waals surface area contributed by atoms with E-state index < -0.39 is 0 Å². The number of piperazine rings is 1. The van der Waals surface area contributed by atoms with Crippen molar-refractivity contribution in [3.05, 3.63) is 23.7 Å². The van der Waals surface area contributed by atoms with Crippen molar-refractivity contribution in [2.24, 2.45) is 0 Å². The molecule has 28 heavy (non-hydrogen) atoms. The lowest BCUT2D eigenvalue weighted by Gasteiger charge is -2.43. The van der Waals surface area contributed by atoms with Crippen molar-refractivity contribution in [3.63, 3.8) is 0 Å². The summed E-state index contributed by atoms with van der Waals surface area (Å²) in [6.07, 6.45) is 10.3. The molecule has 4 aliphatic rings. The number of hydrogen-bond acceptors (Lipinski definition) is 5. The molecule has 0 radical (unpaired) electrons. The van der Waals surface area contributed by atoms with Gasteiger partial charge in [-0.3, -0.25) is 4.90 Å². The SMILES string of the molecule is COCC1C=CC(N2CCC(OC(=O)N3CCN(C4CCC4)CC3)CC2)=CP1. The second kappa shape index (κ2) is 9.60. The second-order valence-corrected chi connectivity index (χ2v) is 9.70. The molecule has 2 atom stereocenters. The summed E-state index contributed by atoms with van der Waals surface area (Å²) in [5, 5.41) is 0. The van der Waals surface area contributed by atoms with Crippen LogP contribution >= 0.6 is 8.58 Å². The molecular formula is C21H34N3O3P. The van der Waals surface area contributed by atoms with Crippen LogP contribution in [0.4, 0.5) is 4.79 Å². The lowest BCUT2D eigenvalue weighted by atomic mass is 9.91. The number of ether oxygens (including phenoxy) is 2. The quantitative estimate of drug-likeness (QED) is 0.656. The van der Waals surface area contributed by atoms with E-state index >= 15 is 0 Å². The molecule has 3 heterocycles. The van der Waals surface area contributed by atoms with Gasteiger partial charge in [0.25, 0.3) is 0 Å². The fourth-order valence-corrected chi connectivity index (χ4v) is 5.60. The van der Waals surface area contributed by atoms with E-state index in [0.29, 0.717) is 5.66 Å². The van der Waals surface area contributed by atoms with Gasteiger partial charge in [0.2, 0.25) is 0 Å². The van der Waals surface area contributed by atoms with Gasteiger partial charge in [0, 0.05) is 76.6 Å².